The van der Waals surface area contributed by atoms with Crippen molar-refractivity contribution in [3.8, 4) is 11.5 Å². The van der Waals surface area contributed by atoms with Gasteiger partial charge in [0, 0.05) is 12.2 Å². The SMILES string of the molecule is COc1cc2c(cc1OC)C1c3ccccc3NC(=O)C(C(C)C)N1CC2. The molecule has 0 bridgehead atoms. The summed E-state index contributed by atoms with van der Waals surface area (Å²) in [5.74, 6) is 1.76. The number of benzene rings is 2. The molecule has 1 amide bonds. The lowest BCUT2D eigenvalue weighted by atomic mass is 9.85. The van der Waals surface area contributed by atoms with Gasteiger partial charge in [0.2, 0.25) is 5.91 Å². The highest BCUT2D eigenvalue weighted by molar-refractivity contribution is 5.97. The third-order valence-electron chi connectivity index (χ3n) is 5.68. The van der Waals surface area contributed by atoms with E-state index in [-0.39, 0.29) is 23.9 Å². The molecule has 0 fully saturated rings. The van der Waals surface area contributed by atoms with Crippen molar-refractivity contribution in [3.05, 3.63) is 53.1 Å². The van der Waals surface area contributed by atoms with E-state index in [1.807, 2.05) is 18.2 Å². The second-order valence-electron chi connectivity index (χ2n) is 7.56. The van der Waals surface area contributed by atoms with E-state index in [2.05, 4.69) is 42.3 Å². The van der Waals surface area contributed by atoms with Crippen molar-refractivity contribution < 1.29 is 14.3 Å². The molecule has 2 aromatic carbocycles. The molecule has 5 nitrogen and oxygen atoms in total. The predicted molar refractivity (Wildman–Crippen MR) is 105 cm³/mol. The first-order valence-electron chi connectivity index (χ1n) is 9.45. The number of nitrogens with one attached hydrogen (secondary N) is 1. The van der Waals surface area contributed by atoms with Crippen LogP contribution in [0.2, 0.25) is 0 Å². The average Bonchev–Trinajstić information content (AvgIpc) is 2.79. The largest absolute Gasteiger partial charge is 0.493 e. The fourth-order valence-corrected chi connectivity index (χ4v) is 4.50. The van der Waals surface area contributed by atoms with Crippen LogP contribution >= 0.6 is 0 Å². The first-order valence-corrected chi connectivity index (χ1v) is 9.45. The van der Waals surface area contributed by atoms with Gasteiger partial charge in [-0.15, -0.1) is 0 Å². The molecule has 2 aromatic rings. The summed E-state index contributed by atoms with van der Waals surface area (Å²) in [6.07, 6.45) is 0.880. The molecular weight excluding hydrogens is 340 g/mol. The van der Waals surface area contributed by atoms with Gasteiger partial charge >= 0.3 is 0 Å². The van der Waals surface area contributed by atoms with Gasteiger partial charge < -0.3 is 14.8 Å². The van der Waals surface area contributed by atoms with E-state index in [9.17, 15) is 4.79 Å². The summed E-state index contributed by atoms with van der Waals surface area (Å²) in [7, 11) is 3.32. The quantitative estimate of drug-likeness (QED) is 0.901. The average molecular weight is 366 g/mol. The Hall–Kier alpha value is -2.53. The van der Waals surface area contributed by atoms with E-state index in [0.29, 0.717) is 0 Å². The van der Waals surface area contributed by atoms with E-state index < -0.39 is 0 Å². The number of nitrogens with zero attached hydrogens (tertiary/aromatic N) is 1. The number of para-hydroxylation sites is 1. The molecule has 27 heavy (non-hydrogen) atoms. The van der Waals surface area contributed by atoms with Crippen LogP contribution in [0.25, 0.3) is 0 Å². The van der Waals surface area contributed by atoms with Crippen molar-refractivity contribution in [1.29, 1.82) is 0 Å². The van der Waals surface area contributed by atoms with Crippen LogP contribution in [0.1, 0.15) is 36.6 Å². The number of carbonyl (C=O) groups excluding carboxylic acids is 1. The highest BCUT2D eigenvalue weighted by atomic mass is 16.5. The molecule has 0 spiro atoms. The summed E-state index contributed by atoms with van der Waals surface area (Å²) >= 11 is 0. The van der Waals surface area contributed by atoms with Crippen molar-refractivity contribution >= 4 is 11.6 Å². The maximum Gasteiger partial charge on any atom is 0.242 e. The molecule has 0 aromatic heterocycles. The molecule has 2 unspecified atom stereocenters. The molecule has 2 atom stereocenters. The first kappa shape index (κ1) is 17.9. The number of fused-ring (bicyclic) bond motifs is 5. The fourth-order valence-electron chi connectivity index (χ4n) is 4.50. The third kappa shape index (κ3) is 2.86. The summed E-state index contributed by atoms with van der Waals surface area (Å²) in [5, 5.41) is 3.16. The zero-order valence-electron chi connectivity index (χ0n) is 16.3. The van der Waals surface area contributed by atoms with Crippen molar-refractivity contribution in [1.82, 2.24) is 4.90 Å². The van der Waals surface area contributed by atoms with Crippen molar-refractivity contribution in [2.24, 2.45) is 5.92 Å². The Balaban J connectivity index is 1.94. The molecule has 2 aliphatic heterocycles. The van der Waals surface area contributed by atoms with Gasteiger partial charge in [0.05, 0.1) is 26.3 Å². The maximum atomic E-state index is 13.0. The fraction of sp³-hybridized carbons (Fsp3) is 0.409. The zero-order valence-corrected chi connectivity index (χ0v) is 16.3. The Morgan fingerprint density at radius 3 is 2.48 bits per heavy atom. The smallest absolute Gasteiger partial charge is 0.242 e. The van der Waals surface area contributed by atoms with Gasteiger partial charge in [-0.1, -0.05) is 32.0 Å². The first-order chi connectivity index (χ1) is 13.0. The van der Waals surface area contributed by atoms with Gasteiger partial charge in [-0.25, -0.2) is 0 Å². The van der Waals surface area contributed by atoms with Crippen molar-refractivity contribution in [3.63, 3.8) is 0 Å². The molecule has 0 radical (unpaired) electrons. The molecule has 142 valence electrons. The van der Waals surface area contributed by atoms with Crippen LogP contribution in [0.15, 0.2) is 36.4 Å². The maximum absolute atomic E-state index is 13.0. The van der Waals surface area contributed by atoms with Crippen molar-refractivity contribution in [2.75, 3.05) is 26.1 Å². The summed E-state index contributed by atoms with van der Waals surface area (Å²) in [6, 6.07) is 12.1. The number of methoxy groups -OCH3 is 2. The Labute approximate surface area is 160 Å². The van der Waals surface area contributed by atoms with E-state index in [0.717, 1.165) is 35.7 Å². The molecule has 0 saturated carbocycles. The van der Waals surface area contributed by atoms with Crippen LogP contribution in [0, 0.1) is 5.92 Å². The molecular formula is C22H26N2O3. The lowest BCUT2D eigenvalue weighted by molar-refractivity contribution is -0.123. The minimum atomic E-state index is -0.177. The highest BCUT2D eigenvalue weighted by Crippen LogP contribution is 2.45. The lowest BCUT2D eigenvalue weighted by Crippen LogP contribution is -2.49. The molecule has 2 heterocycles. The van der Waals surface area contributed by atoms with Gasteiger partial charge in [-0.2, -0.15) is 0 Å². The monoisotopic (exact) mass is 366 g/mol. The standard InChI is InChI=1S/C22H26N2O3/c1-13(2)20-22(25)23-17-8-6-5-7-15(17)21-16-12-19(27-4)18(26-3)11-14(16)9-10-24(20)21/h5-8,11-13,20-21H,9-10H2,1-4H3,(H,23,25). The van der Waals surface area contributed by atoms with Crippen LogP contribution < -0.4 is 14.8 Å². The number of carbonyl (C=O) groups is 1. The Kier molecular flexibility index (Phi) is 4.56. The topological polar surface area (TPSA) is 50.8 Å². The van der Waals surface area contributed by atoms with Gasteiger partial charge in [0.1, 0.15) is 0 Å². The second-order valence-corrected chi connectivity index (χ2v) is 7.56. The Morgan fingerprint density at radius 1 is 1.07 bits per heavy atom. The summed E-state index contributed by atoms with van der Waals surface area (Å²) in [4.78, 5) is 15.4. The second kappa shape index (κ2) is 6.89. The van der Waals surface area contributed by atoms with E-state index in [1.165, 1.54) is 11.1 Å². The number of rotatable bonds is 3. The summed E-state index contributed by atoms with van der Waals surface area (Å²) < 4.78 is 11.1. The molecule has 1 N–H and O–H groups in total. The number of anilines is 1. The number of hydrogen-bond donors (Lipinski definition) is 1. The van der Waals surface area contributed by atoms with Gasteiger partial charge in [0.25, 0.3) is 0 Å². The minimum absolute atomic E-state index is 0.0103. The van der Waals surface area contributed by atoms with Gasteiger partial charge in [-0.05, 0) is 47.2 Å². The van der Waals surface area contributed by atoms with Gasteiger partial charge in [-0.3, -0.25) is 9.69 Å². The van der Waals surface area contributed by atoms with Crippen LogP contribution in [0.5, 0.6) is 11.5 Å². The molecule has 2 aliphatic rings. The molecule has 5 heteroatoms. The van der Waals surface area contributed by atoms with Crippen LogP contribution in [-0.4, -0.2) is 37.6 Å². The normalized spacial score (nSPS) is 21.6. The van der Waals surface area contributed by atoms with Gasteiger partial charge in [0.15, 0.2) is 11.5 Å². The predicted octanol–water partition coefficient (Wildman–Crippen LogP) is 3.63. The highest BCUT2D eigenvalue weighted by Gasteiger charge is 2.42. The number of ether oxygens (including phenoxy) is 2. The summed E-state index contributed by atoms with van der Waals surface area (Å²) in [6.45, 7) is 5.06. The molecule has 0 saturated heterocycles. The van der Waals surface area contributed by atoms with E-state index in [1.54, 1.807) is 14.2 Å². The number of amides is 1. The van der Waals surface area contributed by atoms with E-state index >= 15 is 0 Å². The third-order valence-corrected chi connectivity index (χ3v) is 5.68. The van der Waals surface area contributed by atoms with Crippen molar-refractivity contribution in [2.45, 2.75) is 32.4 Å². The molecule has 0 aliphatic carbocycles. The lowest BCUT2D eigenvalue weighted by Gasteiger charge is -2.41. The number of hydrogen-bond acceptors (Lipinski definition) is 4. The van der Waals surface area contributed by atoms with Crippen LogP contribution in [0.3, 0.4) is 0 Å². The van der Waals surface area contributed by atoms with Crippen LogP contribution in [0.4, 0.5) is 5.69 Å². The Bertz CT molecular complexity index is 878. The van der Waals surface area contributed by atoms with Crippen LogP contribution in [-0.2, 0) is 11.2 Å². The molecule has 4 rings (SSSR count). The summed E-state index contributed by atoms with van der Waals surface area (Å²) in [5.41, 5.74) is 4.46. The minimum Gasteiger partial charge on any atom is -0.493 e. The zero-order chi connectivity index (χ0) is 19.1. The Morgan fingerprint density at radius 2 is 1.78 bits per heavy atom. The van der Waals surface area contributed by atoms with E-state index in [4.69, 9.17) is 9.47 Å².